The van der Waals surface area contributed by atoms with Crippen LogP contribution in [0.5, 0.6) is 0 Å². The molecule has 0 saturated heterocycles. The lowest BCUT2D eigenvalue weighted by atomic mass is 9.67. The van der Waals surface area contributed by atoms with Crippen molar-refractivity contribution in [2.45, 2.75) is 46.5 Å². The minimum Gasteiger partial charge on any atom is -0.300 e. The van der Waals surface area contributed by atoms with E-state index in [0.717, 1.165) is 19.3 Å². The third-order valence-corrected chi connectivity index (χ3v) is 4.16. The van der Waals surface area contributed by atoms with Crippen LogP contribution in [0.2, 0.25) is 0 Å². The lowest BCUT2D eigenvalue weighted by molar-refractivity contribution is -0.139. The molecule has 0 aromatic carbocycles. The fourth-order valence-electron chi connectivity index (χ4n) is 3.17. The summed E-state index contributed by atoms with van der Waals surface area (Å²) in [5.74, 6) is 1.11. The van der Waals surface area contributed by atoms with Crippen LogP contribution in [0.15, 0.2) is 0 Å². The molecule has 0 bridgehead atoms. The van der Waals surface area contributed by atoms with E-state index in [4.69, 9.17) is 0 Å². The van der Waals surface area contributed by atoms with Crippen LogP contribution in [0.25, 0.3) is 0 Å². The third kappa shape index (κ3) is 1.23. The Kier molecular flexibility index (Phi) is 1.89. The van der Waals surface area contributed by atoms with Crippen molar-refractivity contribution in [2.75, 3.05) is 0 Å². The Morgan fingerprint density at radius 1 is 1.50 bits per heavy atom. The molecular weight excluding hydrogens is 176 g/mol. The van der Waals surface area contributed by atoms with E-state index in [-0.39, 0.29) is 16.6 Å². The zero-order valence-corrected chi connectivity index (χ0v) is 9.22. The summed E-state index contributed by atoms with van der Waals surface area (Å²) >= 11 is 0. The van der Waals surface area contributed by atoms with Gasteiger partial charge in [-0.05, 0) is 32.1 Å². The zero-order chi connectivity index (χ0) is 10.6. The molecule has 0 spiro atoms. The highest BCUT2D eigenvalue weighted by molar-refractivity contribution is 5.96. The van der Waals surface area contributed by atoms with Crippen LogP contribution in [0.1, 0.15) is 46.5 Å². The van der Waals surface area contributed by atoms with Crippen molar-refractivity contribution in [2.24, 2.45) is 16.7 Å². The van der Waals surface area contributed by atoms with Crippen LogP contribution in [0.4, 0.5) is 0 Å². The Morgan fingerprint density at radius 2 is 2.14 bits per heavy atom. The van der Waals surface area contributed by atoms with Gasteiger partial charge in [0.05, 0.1) is 0 Å². The summed E-state index contributed by atoms with van der Waals surface area (Å²) in [5.41, 5.74) is -0.421. The minimum atomic E-state index is -0.354. The molecule has 3 atom stereocenters. The standard InChI is InChI=1S/C12H18O2/c1-8(13)6-11(2)5-4-9-7-12(9,3)10(11)14/h9H,4-7H2,1-3H3/t9-,11-,12+/m1/s1. The number of ketones is 2. The second-order valence-electron chi connectivity index (χ2n) is 5.63. The predicted octanol–water partition coefficient (Wildman–Crippen LogP) is 2.36. The number of rotatable bonds is 2. The monoisotopic (exact) mass is 194 g/mol. The molecule has 2 nitrogen and oxygen atoms in total. The Labute approximate surface area is 85.1 Å². The highest BCUT2D eigenvalue weighted by Crippen LogP contribution is 2.63. The highest BCUT2D eigenvalue weighted by Gasteiger charge is 2.62. The Hall–Kier alpha value is -0.660. The first kappa shape index (κ1) is 9.88. The molecule has 2 aliphatic carbocycles. The molecule has 2 fully saturated rings. The van der Waals surface area contributed by atoms with E-state index in [1.807, 2.05) is 6.92 Å². The third-order valence-electron chi connectivity index (χ3n) is 4.16. The summed E-state index contributed by atoms with van der Waals surface area (Å²) in [6.45, 7) is 5.62. The quantitative estimate of drug-likeness (QED) is 0.676. The molecule has 2 aliphatic rings. The maximum Gasteiger partial charge on any atom is 0.145 e. The van der Waals surface area contributed by atoms with Crippen molar-refractivity contribution < 1.29 is 9.59 Å². The zero-order valence-electron chi connectivity index (χ0n) is 9.22. The number of hydrogen-bond donors (Lipinski definition) is 0. The van der Waals surface area contributed by atoms with Gasteiger partial charge in [0.1, 0.15) is 11.6 Å². The summed E-state index contributed by atoms with van der Waals surface area (Å²) < 4.78 is 0. The Morgan fingerprint density at radius 3 is 2.71 bits per heavy atom. The van der Waals surface area contributed by atoms with E-state index >= 15 is 0 Å². The van der Waals surface area contributed by atoms with Crippen molar-refractivity contribution in [1.29, 1.82) is 0 Å². The smallest absolute Gasteiger partial charge is 0.145 e. The number of hydrogen-bond acceptors (Lipinski definition) is 2. The fourth-order valence-corrected chi connectivity index (χ4v) is 3.17. The molecule has 2 heteroatoms. The van der Waals surface area contributed by atoms with Gasteiger partial charge < -0.3 is 0 Å². The van der Waals surface area contributed by atoms with E-state index in [1.165, 1.54) is 0 Å². The van der Waals surface area contributed by atoms with Crippen LogP contribution in [-0.4, -0.2) is 11.6 Å². The SMILES string of the molecule is CC(=O)C[C@@]1(C)CC[C@@H]2C[C@]2(C)C1=O. The molecule has 0 aliphatic heterocycles. The molecule has 2 rings (SSSR count). The van der Waals surface area contributed by atoms with Gasteiger partial charge in [-0.15, -0.1) is 0 Å². The maximum absolute atomic E-state index is 12.2. The lowest BCUT2D eigenvalue weighted by Crippen LogP contribution is -2.39. The molecule has 0 heterocycles. The second kappa shape index (κ2) is 2.68. The van der Waals surface area contributed by atoms with Gasteiger partial charge in [0.15, 0.2) is 0 Å². The van der Waals surface area contributed by atoms with E-state index < -0.39 is 0 Å². The molecule has 0 N–H and O–H groups in total. The fraction of sp³-hybridized carbons (Fsp3) is 0.833. The van der Waals surface area contributed by atoms with Crippen molar-refractivity contribution in [3.63, 3.8) is 0 Å². The van der Waals surface area contributed by atoms with Gasteiger partial charge in [-0.2, -0.15) is 0 Å². The molecule has 0 unspecified atom stereocenters. The van der Waals surface area contributed by atoms with Crippen LogP contribution < -0.4 is 0 Å². The van der Waals surface area contributed by atoms with E-state index in [1.54, 1.807) is 6.92 Å². The van der Waals surface area contributed by atoms with Gasteiger partial charge in [-0.3, -0.25) is 9.59 Å². The average molecular weight is 194 g/mol. The minimum absolute atomic E-state index is 0.0670. The summed E-state index contributed by atoms with van der Waals surface area (Å²) in [4.78, 5) is 23.3. The van der Waals surface area contributed by atoms with Crippen LogP contribution >= 0.6 is 0 Å². The van der Waals surface area contributed by atoms with Gasteiger partial charge in [0.25, 0.3) is 0 Å². The van der Waals surface area contributed by atoms with Gasteiger partial charge in [0.2, 0.25) is 0 Å². The molecule has 0 radical (unpaired) electrons. The summed E-state index contributed by atoms with van der Waals surface area (Å²) in [6, 6.07) is 0. The molecule has 78 valence electrons. The first-order valence-corrected chi connectivity index (χ1v) is 5.43. The number of carbonyl (C=O) groups excluding carboxylic acids is 2. The summed E-state index contributed by atoms with van der Waals surface area (Å²) in [6.07, 6.45) is 3.53. The van der Waals surface area contributed by atoms with Gasteiger partial charge >= 0.3 is 0 Å². The molecule has 0 aromatic rings. The van der Waals surface area contributed by atoms with Crippen molar-refractivity contribution in [3.05, 3.63) is 0 Å². The predicted molar refractivity (Wildman–Crippen MR) is 53.9 cm³/mol. The molecule has 0 aromatic heterocycles. The molecule has 0 amide bonds. The van der Waals surface area contributed by atoms with Gasteiger partial charge in [-0.25, -0.2) is 0 Å². The summed E-state index contributed by atoms with van der Waals surface area (Å²) in [5, 5.41) is 0. The number of carbonyl (C=O) groups is 2. The first-order valence-electron chi connectivity index (χ1n) is 5.43. The lowest BCUT2D eigenvalue weighted by Gasteiger charge is -2.34. The maximum atomic E-state index is 12.2. The van der Waals surface area contributed by atoms with Gasteiger partial charge in [0, 0.05) is 17.3 Å². The first-order chi connectivity index (χ1) is 6.38. The van der Waals surface area contributed by atoms with Gasteiger partial charge in [-0.1, -0.05) is 13.8 Å². The Bertz CT molecular complexity index is 307. The van der Waals surface area contributed by atoms with Crippen LogP contribution in [0, 0.1) is 16.7 Å². The van der Waals surface area contributed by atoms with E-state index in [0.29, 0.717) is 18.1 Å². The summed E-state index contributed by atoms with van der Waals surface area (Å²) in [7, 11) is 0. The van der Waals surface area contributed by atoms with Crippen molar-refractivity contribution >= 4 is 11.6 Å². The van der Waals surface area contributed by atoms with E-state index in [2.05, 4.69) is 6.92 Å². The number of Topliss-reactive ketones (excluding diaryl/α,β-unsaturated/α-hetero) is 2. The Balaban J connectivity index is 2.20. The second-order valence-corrected chi connectivity index (χ2v) is 5.63. The normalized spacial score (nSPS) is 45.9. The molecular formula is C12H18O2. The van der Waals surface area contributed by atoms with Crippen LogP contribution in [0.3, 0.4) is 0 Å². The van der Waals surface area contributed by atoms with Crippen molar-refractivity contribution in [3.8, 4) is 0 Å². The van der Waals surface area contributed by atoms with E-state index in [9.17, 15) is 9.59 Å². The molecule has 14 heavy (non-hydrogen) atoms. The highest BCUT2D eigenvalue weighted by atomic mass is 16.1. The topological polar surface area (TPSA) is 34.1 Å². The average Bonchev–Trinajstić information content (AvgIpc) is 2.72. The largest absolute Gasteiger partial charge is 0.300 e. The van der Waals surface area contributed by atoms with Crippen LogP contribution in [-0.2, 0) is 9.59 Å². The molecule has 2 saturated carbocycles. The van der Waals surface area contributed by atoms with Crippen molar-refractivity contribution in [1.82, 2.24) is 0 Å². The number of fused-ring (bicyclic) bond motifs is 1.